The number of carbonyl (C=O) groups is 1. The molecule has 0 aliphatic heterocycles. The van der Waals surface area contributed by atoms with Crippen molar-refractivity contribution in [2.75, 3.05) is 12.9 Å². The van der Waals surface area contributed by atoms with Crippen LogP contribution in [0.1, 0.15) is 12.5 Å². The van der Waals surface area contributed by atoms with Crippen LogP contribution in [-0.4, -0.2) is 33.9 Å². The molecule has 2 atom stereocenters. The van der Waals surface area contributed by atoms with Crippen LogP contribution in [0, 0.1) is 23.7 Å². The van der Waals surface area contributed by atoms with Crippen LogP contribution in [0.5, 0.6) is 5.75 Å². The van der Waals surface area contributed by atoms with Gasteiger partial charge in [0.1, 0.15) is 5.75 Å². The van der Waals surface area contributed by atoms with E-state index in [2.05, 4.69) is 53.0 Å². The van der Waals surface area contributed by atoms with E-state index in [1.54, 1.807) is 7.11 Å². The third-order valence-corrected chi connectivity index (χ3v) is 5.69. The van der Waals surface area contributed by atoms with E-state index >= 15 is 0 Å². The van der Waals surface area contributed by atoms with Crippen molar-refractivity contribution in [1.29, 1.82) is 0 Å². The normalized spacial score (nSPS) is 17.4. The maximum atomic E-state index is 10.8. The Bertz CT molecular complexity index is 1270. The highest BCUT2D eigenvalue weighted by Gasteiger charge is 2.16. The maximum absolute atomic E-state index is 10.8. The minimum absolute atomic E-state index is 0.0149. The third kappa shape index (κ3) is 4.30. The van der Waals surface area contributed by atoms with Crippen LogP contribution < -0.4 is 15.4 Å². The number of methoxy groups -OCH3 is 1. The first kappa shape index (κ1) is 19.2. The fourth-order valence-electron chi connectivity index (χ4n) is 3.29. The number of nitrogens with zero attached hydrogens (tertiary/aromatic N) is 1. The third-order valence-electron chi connectivity index (χ3n) is 4.84. The fourth-order valence-corrected chi connectivity index (χ4v) is 3.89. The van der Waals surface area contributed by atoms with E-state index < -0.39 is 5.97 Å². The second-order valence-electron chi connectivity index (χ2n) is 6.94. The lowest BCUT2D eigenvalue weighted by Gasteiger charge is -2.13. The van der Waals surface area contributed by atoms with Crippen LogP contribution in [0.2, 0.25) is 0 Å². The summed E-state index contributed by atoms with van der Waals surface area (Å²) in [6.45, 7) is 2.12. The van der Waals surface area contributed by atoms with Gasteiger partial charge >= 0.3 is 5.97 Å². The van der Waals surface area contributed by atoms with Crippen LogP contribution >= 0.6 is 11.8 Å². The fraction of sp³-hybridized carbons (Fsp3) is 0.217. The summed E-state index contributed by atoms with van der Waals surface area (Å²) >= 11 is 1.19. The van der Waals surface area contributed by atoms with Crippen LogP contribution in [-0.2, 0) is 4.79 Å². The first-order valence-corrected chi connectivity index (χ1v) is 10.2. The molecule has 3 aromatic rings. The largest absolute Gasteiger partial charge is 0.497 e. The van der Waals surface area contributed by atoms with Crippen molar-refractivity contribution in [2.24, 2.45) is 11.8 Å². The standard InChI is InChI=1S/C23H20N2O3S/c1-14-9-20-21(25-23(24-20)29-13-22(26)27)12-16(14)5-3-15-4-6-18-11-19(28-2)8-7-17(18)10-15/h4,6-12,14,16H,13H2,1-2H3,(H,24,25)(H,26,27). The molecule has 29 heavy (non-hydrogen) atoms. The molecule has 0 bridgehead atoms. The Labute approximate surface area is 172 Å². The van der Waals surface area contributed by atoms with Crippen molar-refractivity contribution in [3.63, 3.8) is 0 Å². The van der Waals surface area contributed by atoms with Crippen LogP contribution in [0.3, 0.4) is 0 Å². The predicted octanol–water partition coefficient (Wildman–Crippen LogP) is 2.63. The van der Waals surface area contributed by atoms with Gasteiger partial charge in [-0.1, -0.05) is 48.7 Å². The lowest BCUT2D eigenvalue weighted by molar-refractivity contribution is -0.133. The SMILES string of the molecule is COc1ccc2cc(C#CC3C=c4nc(SCC(=O)O)[nH]c4=CC3C)ccc2c1. The van der Waals surface area contributed by atoms with Gasteiger partial charge in [0.15, 0.2) is 5.16 Å². The van der Waals surface area contributed by atoms with E-state index in [1.807, 2.05) is 24.3 Å². The van der Waals surface area contributed by atoms with Gasteiger partial charge < -0.3 is 14.8 Å². The molecule has 0 amide bonds. The molecule has 0 spiro atoms. The monoisotopic (exact) mass is 404 g/mol. The number of aromatic amines is 1. The minimum Gasteiger partial charge on any atom is -0.497 e. The first-order chi connectivity index (χ1) is 14.0. The van der Waals surface area contributed by atoms with Gasteiger partial charge in [0, 0.05) is 11.5 Å². The number of aliphatic carboxylic acids is 1. The van der Waals surface area contributed by atoms with Crippen molar-refractivity contribution >= 4 is 40.7 Å². The van der Waals surface area contributed by atoms with E-state index in [0.717, 1.165) is 32.8 Å². The topological polar surface area (TPSA) is 75.2 Å². The lowest BCUT2D eigenvalue weighted by atomic mass is 9.90. The second kappa shape index (κ2) is 8.06. The number of nitrogens with one attached hydrogen (secondary N) is 1. The summed E-state index contributed by atoms with van der Waals surface area (Å²) in [6, 6.07) is 12.2. The number of H-pyrrole nitrogens is 1. The Morgan fingerprint density at radius 3 is 2.83 bits per heavy atom. The number of carboxylic acids is 1. The number of benzene rings is 2. The van der Waals surface area contributed by atoms with Gasteiger partial charge in [0.25, 0.3) is 0 Å². The maximum Gasteiger partial charge on any atom is 0.313 e. The molecule has 0 fully saturated rings. The summed E-state index contributed by atoms with van der Waals surface area (Å²) in [5.74, 6) is 6.90. The van der Waals surface area contributed by atoms with E-state index in [9.17, 15) is 4.79 Å². The molecular formula is C23H20N2O3S. The number of carboxylic acid groups (broad SMARTS) is 1. The molecule has 0 saturated heterocycles. The Balaban J connectivity index is 1.59. The summed E-state index contributed by atoms with van der Waals surface area (Å²) in [6.07, 6.45) is 4.17. The van der Waals surface area contributed by atoms with E-state index in [0.29, 0.717) is 5.16 Å². The molecule has 0 saturated carbocycles. The quantitative estimate of drug-likeness (QED) is 0.517. The molecule has 1 aliphatic carbocycles. The van der Waals surface area contributed by atoms with Gasteiger partial charge in [-0.3, -0.25) is 4.79 Å². The van der Waals surface area contributed by atoms with E-state index in [-0.39, 0.29) is 17.6 Å². The van der Waals surface area contributed by atoms with Gasteiger partial charge in [-0.15, -0.1) is 0 Å². The smallest absolute Gasteiger partial charge is 0.313 e. The molecule has 6 heteroatoms. The molecule has 0 radical (unpaired) electrons. The Hall–Kier alpha value is -3.17. The van der Waals surface area contributed by atoms with Gasteiger partial charge in [0.2, 0.25) is 0 Å². The highest BCUT2D eigenvalue weighted by molar-refractivity contribution is 7.99. The van der Waals surface area contributed by atoms with Gasteiger partial charge in [-0.2, -0.15) is 0 Å². The lowest BCUT2D eigenvalue weighted by Crippen LogP contribution is -2.32. The summed E-state index contributed by atoms with van der Waals surface area (Å²) < 4.78 is 5.27. The number of thioether (sulfide) groups is 1. The molecule has 2 unspecified atom stereocenters. The minimum atomic E-state index is -0.858. The van der Waals surface area contributed by atoms with Gasteiger partial charge in [-0.05, 0) is 47.0 Å². The number of fused-ring (bicyclic) bond motifs is 2. The molecule has 1 aromatic heterocycles. The van der Waals surface area contributed by atoms with Crippen molar-refractivity contribution in [2.45, 2.75) is 12.1 Å². The van der Waals surface area contributed by atoms with Crippen molar-refractivity contribution in [3.8, 4) is 17.6 Å². The number of ether oxygens (including phenoxy) is 1. The molecular weight excluding hydrogens is 384 g/mol. The average Bonchev–Trinajstić information content (AvgIpc) is 3.11. The Morgan fingerprint density at radius 2 is 2.03 bits per heavy atom. The Kier molecular flexibility index (Phi) is 5.32. The molecule has 4 rings (SSSR count). The van der Waals surface area contributed by atoms with Gasteiger partial charge in [0.05, 0.1) is 23.6 Å². The van der Waals surface area contributed by atoms with E-state index in [4.69, 9.17) is 9.84 Å². The predicted molar refractivity (Wildman–Crippen MR) is 115 cm³/mol. The van der Waals surface area contributed by atoms with Crippen molar-refractivity contribution in [1.82, 2.24) is 9.97 Å². The molecule has 2 aromatic carbocycles. The molecule has 1 heterocycles. The zero-order valence-corrected chi connectivity index (χ0v) is 16.9. The average molecular weight is 404 g/mol. The second-order valence-corrected chi connectivity index (χ2v) is 7.90. The van der Waals surface area contributed by atoms with Crippen LogP contribution in [0.25, 0.3) is 22.9 Å². The highest BCUT2D eigenvalue weighted by atomic mass is 32.2. The number of hydrogen-bond donors (Lipinski definition) is 2. The number of aromatic nitrogens is 2. The summed E-state index contributed by atoms with van der Waals surface area (Å²) in [4.78, 5) is 18.4. The highest BCUT2D eigenvalue weighted by Crippen LogP contribution is 2.22. The van der Waals surface area contributed by atoms with Crippen molar-refractivity contribution in [3.05, 3.63) is 52.7 Å². The van der Waals surface area contributed by atoms with Crippen molar-refractivity contribution < 1.29 is 14.6 Å². The molecule has 146 valence electrons. The summed E-state index contributed by atoms with van der Waals surface area (Å²) in [7, 11) is 1.67. The molecule has 2 N–H and O–H groups in total. The summed E-state index contributed by atoms with van der Waals surface area (Å²) in [5, 5.41) is 13.5. The molecule has 5 nitrogen and oxygen atoms in total. The van der Waals surface area contributed by atoms with Crippen LogP contribution in [0.15, 0.2) is 41.6 Å². The number of hydrogen-bond acceptors (Lipinski definition) is 4. The first-order valence-electron chi connectivity index (χ1n) is 9.25. The zero-order chi connectivity index (χ0) is 20.4. The Morgan fingerprint density at radius 1 is 1.24 bits per heavy atom. The van der Waals surface area contributed by atoms with E-state index in [1.165, 1.54) is 11.8 Å². The molecule has 1 aliphatic rings. The number of imidazole rings is 1. The summed E-state index contributed by atoms with van der Waals surface area (Å²) in [5.41, 5.74) is 0.966. The zero-order valence-electron chi connectivity index (χ0n) is 16.1. The van der Waals surface area contributed by atoms with Crippen LogP contribution in [0.4, 0.5) is 0 Å². The number of rotatable bonds is 4. The van der Waals surface area contributed by atoms with Gasteiger partial charge in [-0.25, -0.2) is 4.98 Å².